The van der Waals surface area contributed by atoms with Gasteiger partial charge < -0.3 is 0 Å². The summed E-state index contributed by atoms with van der Waals surface area (Å²) in [5, 5.41) is 10.7. The summed E-state index contributed by atoms with van der Waals surface area (Å²) in [7, 11) is -2.88. The number of hydrogen-bond donors (Lipinski definition) is 1. The van der Waals surface area contributed by atoms with Crippen molar-refractivity contribution in [1.29, 1.82) is 0 Å². The highest BCUT2D eigenvalue weighted by Gasteiger charge is 2.29. The number of sulfone groups is 1. The van der Waals surface area contributed by atoms with Crippen molar-refractivity contribution in [2.45, 2.75) is 12.5 Å². The van der Waals surface area contributed by atoms with Crippen LogP contribution in [0.3, 0.4) is 0 Å². The minimum absolute atomic E-state index is 0.0586. The van der Waals surface area contributed by atoms with E-state index in [1.807, 2.05) is 0 Å². The summed E-state index contributed by atoms with van der Waals surface area (Å²) in [5.74, 6) is 1.05. The van der Waals surface area contributed by atoms with Gasteiger partial charge in [0, 0.05) is 6.20 Å². The Balaban J connectivity index is 1.87. The average molecular weight is 253 g/mol. The molecule has 1 aliphatic heterocycles. The monoisotopic (exact) mass is 253 g/mol. The molecular formula is C9H11N5O2S. The van der Waals surface area contributed by atoms with Gasteiger partial charge in [0.1, 0.15) is 6.33 Å². The topological polar surface area (TPSA) is 93.5 Å². The van der Waals surface area contributed by atoms with E-state index < -0.39 is 9.84 Å². The van der Waals surface area contributed by atoms with Gasteiger partial charge in [-0.2, -0.15) is 10.2 Å². The summed E-state index contributed by atoms with van der Waals surface area (Å²) in [6, 6.07) is -0.0586. The standard InChI is InChI=1S/C9H11N5O2S/c15-17(16)2-1-8(5-17)14-4-7(3-12-14)9-10-6-11-13-9/h3-4,6,8H,1-2,5H2,(H,10,11,13)/t8-/m0/s1. The normalized spacial score (nSPS) is 22.9. The van der Waals surface area contributed by atoms with Crippen molar-refractivity contribution in [3.05, 3.63) is 18.7 Å². The van der Waals surface area contributed by atoms with Gasteiger partial charge >= 0.3 is 0 Å². The van der Waals surface area contributed by atoms with Crippen molar-refractivity contribution in [3.8, 4) is 11.4 Å². The number of H-pyrrole nitrogens is 1. The minimum Gasteiger partial charge on any atom is -0.268 e. The highest BCUT2D eigenvalue weighted by atomic mass is 32.2. The molecule has 0 bridgehead atoms. The molecule has 17 heavy (non-hydrogen) atoms. The molecule has 2 aromatic rings. The van der Waals surface area contributed by atoms with E-state index in [9.17, 15) is 8.42 Å². The van der Waals surface area contributed by atoms with E-state index in [0.717, 1.165) is 5.56 Å². The van der Waals surface area contributed by atoms with Gasteiger partial charge in [-0.1, -0.05) is 0 Å². The zero-order valence-corrected chi connectivity index (χ0v) is 9.76. The lowest BCUT2D eigenvalue weighted by molar-refractivity contribution is 0.500. The Hall–Kier alpha value is -1.70. The van der Waals surface area contributed by atoms with Crippen molar-refractivity contribution in [1.82, 2.24) is 25.0 Å². The zero-order chi connectivity index (χ0) is 11.9. The lowest BCUT2D eigenvalue weighted by Gasteiger charge is -2.06. The molecule has 0 saturated carbocycles. The maximum absolute atomic E-state index is 11.4. The molecule has 0 unspecified atom stereocenters. The Labute approximate surface area is 97.8 Å². The predicted molar refractivity (Wildman–Crippen MR) is 59.9 cm³/mol. The van der Waals surface area contributed by atoms with Gasteiger partial charge in [0.25, 0.3) is 0 Å². The molecule has 1 fully saturated rings. The second kappa shape index (κ2) is 3.66. The van der Waals surface area contributed by atoms with Gasteiger partial charge in [0.05, 0.1) is 29.3 Å². The number of rotatable bonds is 2. The van der Waals surface area contributed by atoms with E-state index >= 15 is 0 Å². The number of hydrogen-bond acceptors (Lipinski definition) is 5. The molecule has 90 valence electrons. The molecule has 1 atom stereocenters. The Bertz CT molecular complexity index is 616. The Morgan fingerprint density at radius 1 is 1.47 bits per heavy atom. The molecular weight excluding hydrogens is 242 g/mol. The second-order valence-electron chi connectivity index (χ2n) is 4.10. The number of aromatic amines is 1. The van der Waals surface area contributed by atoms with E-state index in [-0.39, 0.29) is 17.5 Å². The molecule has 0 amide bonds. The average Bonchev–Trinajstić information content (AvgIpc) is 2.93. The lowest BCUT2D eigenvalue weighted by Crippen LogP contribution is -2.11. The molecule has 7 nitrogen and oxygen atoms in total. The third-order valence-corrected chi connectivity index (χ3v) is 4.62. The highest BCUT2D eigenvalue weighted by molar-refractivity contribution is 7.91. The fourth-order valence-corrected chi connectivity index (χ4v) is 3.69. The number of nitrogens with zero attached hydrogens (tertiary/aromatic N) is 4. The molecule has 1 saturated heterocycles. The van der Waals surface area contributed by atoms with Crippen LogP contribution in [0.2, 0.25) is 0 Å². The van der Waals surface area contributed by atoms with Gasteiger partial charge in [-0.05, 0) is 6.42 Å². The van der Waals surface area contributed by atoms with E-state index in [1.54, 1.807) is 17.1 Å². The van der Waals surface area contributed by atoms with E-state index in [2.05, 4.69) is 20.3 Å². The van der Waals surface area contributed by atoms with E-state index in [4.69, 9.17) is 0 Å². The van der Waals surface area contributed by atoms with Crippen LogP contribution in [0.5, 0.6) is 0 Å². The first kappa shape index (κ1) is 10.5. The summed E-state index contributed by atoms with van der Waals surface area (Å²) >= 11 is 0. The lowest BCUT2D eigenvalue weighted by atomic mass is 10.3. The third-order valence-electron chi connectivity index (χ3n) is 2.87. The Morgan fingerprint density at radius 2 is 2.35 bits per heavy atom. The molecule has 0 aliphatic carbocycles. The quantitative estimate of drug-likeness (QED) is 0.814. The summed E-state index contributed by atoms with van der Waals surface area (Å²) < 4.78 is 24.5. The molecule has 0 radical (unpaired) electrons. The van der Waals surface area contributed by atoms with Crippen LogP contribution < -0.4 is 0 Å². The third kappa shape index (κ3) is 1.95. The van der Waals surface area contributed by atoms with Gasteiger partial charge in [-0.3, -0.25) is 9.78 Å². The van der Waals surface area contributed by atoms with Crippen molar-refractivity contribution < 1.29 is 8.42 Å². The van der Waals surface area contributed by atoms with Crippen molar-refractivity contribution in [2.75, 3.05) is 11.5 Å². The molecule has 8 heteroatoms. The minimum atomic E-state index is -2.88. The predicted octanol–water partition coefficient (Wildman–Crippen LogP) is 0.0278. The van der Waals surface area contributed by atoms with Gasteiger partial charge in [0.15, 0.2) is 15.7 Å². The fraction of sp³-hybridized carbons (Fsp3) is 0.444. The van der Waals surface area contributed by atoms with Gasteiger partial charge in [-0.15, -0.1) is 0 Å². The maximum Gasteiger partial charge on any atom is 0.158 e. The Morgan fingerprint density at radius 3 is 3.00 bits per heavy atom. The summed E-state index contributed by atoms with van der Waals surface area (Å²) in [5.41, 5.74) is 0.812. The van der Waals surface area contributed by atoms with Crippen LogP contribution in [0, 0.1) is 0 Å². The van der Waals surface area contributed by atoms with Crippen molar-refractivity contribution in [2.24, 2.45) is 0 Å². The number of nitrogens with one attached hydrogen (secondary N) is 1. The van der Waals surface area contributed by atoms with Crippen molar-refractivity contribution >= 4 is 9.84 Å². The largest absolute Gasteiger partial charge is 0.268 e. The molecule has 2 aromatic heterocycles. The second-order valence-corrected chi connectivity index (χ2v) is 6.33. The van der Waals surface area contributed by atoms with E-state index in [0.29, 0.717) is 12.2 Å². The first-order valence-electron chi connectivity index (χ1n) is 5.24. The van der Waals surface area contributed by atoms with Gasteiger partial charge in [0.2, 0.25) is 0 Å². The number of aromatic nitrogens is 5. The Kier molecular flexibility index (Phi) is 2.25. The SMILES string of the molecule is O=S1(=O)CC[C@H](n2cc(-c3ncn[nH]3)cn2)C1. The van der Waals surface area contributed by atoms with Crippen LogP contribution in [0.25, 0.3) is 11.4 Å². The van der Waals surface area contributed by atoms with Crippen LogP contribution in [0.4, 0.5) is 0 Å². The first-order chi connectivity index (χ1) is 8.14. The molecule has 3 heterocycles. The van der Waals surface area contributed by atoms with Crippen LogP contribution in [-0.4, -0.2) is 44.9 Å². The van der Waals surface area contributed by atoms with E-state index in [1.165, 1.54) is 6.33 Å². The molecule has 0 aromatic carbocycles. The summed E-state index contributed by atoms with van der Waals surface area (Å²) in [6.07, 6.45) is 5.50. The fourth-order valence-electron chi connectivity index (χ4n) is 1.99. The van der Waals surface area contributed by atoms with Crippen molar-refractivity contribution in [3.63, 3.8) is 0 Å². The van der Waals surface area contributed by atoms with Crippen LogP contribution >= 0.6 is 0 Å². The summed E-state index contributed by atoms with van der Waals surface area (Å²) in [6.45, 7) is 0. The first-order valence-corrected chi connectivity index (χ1v) is 7.06. The van der Waals surface area contributed by atoms with Crippen LogP contribution in [0.1, 0.15) is 12.5 Å². The van der Waals surface area contributed by atoms with Crippen LogP contribution in [-0.2, 0) is 9.84 Å². The molecule has 0 spiro atoms. The highest BCUT2D eigenvalue weighted by Crippen LogP contribution is 2.24. The summed E-state index contributed by atoms with van der Waals surface area (Å²) in [4.78, 5) is 4.02. The maximum atomic E-state index is 11.4. The molecule has 3 rings (SSSR count). The zero-order valence-electron chi connectivity index (χ0n) is 8.94. The van der Waals surface area contributed by atoms with Crippen LogP contribution in [0.15, 0.2) is 18.7 Å². The smallest absolute Gasteiger partial charge is 0.158 e. The molecule has 1 N–H and O–H groups in total. The molecule has 1 aliphatic rings. The van der Waals surface area contributed by atoms with Gasteiger partial charge in [-0.25, -0.2) is 13.4 Å².